The van der Waals surface area contributed by atoms with Crippen molar-refractivity contribution in [2.24, 2.45) is 14.1 Å². The van der Waals surface area contributed by atoms with E-state index in [1.165, 1.54) is 38.3 Å². The Morgan fingerprint density at radius 2 is 0.919 bits per heavy atom. The van der Waals surface area contributed by atoms with E-state index in [1.54, 1.807) is 94.7 Å². The van der Waals surface area contributed by atoms with Crippen LogP contribution in [0.2, 0.25) is 0 Å². The summed E-state index contributed by atoms with van der Waals surface area (Å²) >= 11 is 1.40. The van der Waals surface area contributed by atoms with Gasteiger partial charge in [-0.15, -0.1) is 11.3 Å². The molecule has 0 unspecified atom stereocenters. The summed E-state index contributed by atoms with van der Waals surface area (Å²) < 4.78 is 4.11. The standard InChI is InChI=1S/C29H24N4O4S.C23H21N5O4.C20H19N5O4/c34-28(25-10-5-17-38-25)31-15-13-30(14-16-31)26-23-8-3-4-9-24(23)32(29(35)27(26)33(36)37)19-20-11-12-21-6-1-2-7-22(21)18-20;1-25-19-9-5-3-7-16(19)20(21(23(25)30)28(31)32)26-10-12-27(13-11-26)22(29)18-14-15-6-2-4-8-17(15)24-18;1-22-16-7-3-2-6-15(16)17(18(20(22)27)25(28)29)23-9-11-24(12-10-23)19(26)14-5-4-8-21-13-14/h1-12,17-18H,13-16,19H2;2-9,14,24H,10-13H2,1H3;2-8,13H,9-12H2,1H3. The second-order valence-corrected chi connectivity index (χ2v) is 25.0. The molecule has 3 saturated heterocycles. The summed E-state index contributed by atoms with van der Waals surface area (Å²) in [5.74, 6) is -0.268. The monoisotopic (exact) mass is 1350 g/mol. The first-order chi connectivity index (χ1) is 47.9. The average Bonchev–Trinajstić information content (AvgIpc) is 0.891. The zero-order chi connectivity index (χ0) is 69.2. The van der Waals surface area contributed by atoms with E-state index in [9.17, 15) is 59.1 Å². The van der Waals surface area contributed by atoms with Gasteiger partial charge in [0.25, 0.3) is 17.7 Å². The molecule has 15 rings (SSSR count). The van der Waals surface area contributed by atoms with Crippen molar-refractivity contribution in [1.29, 1.82) is 0 Å². The molecule has 99 heavy (non-hydrogen) atoms. The van der Waals surface area contributed by atoms with Crippen molar-refractivity contribution < 1.29 is 29.2 Å². The number of pyridine rings is 4. The van der Waals surface area contributed by atoms with Gasteiger partial charge in [0, 0.05) is 132 Å². The number of nitro groups is 3. The van der Waals surface area contributed by atoms with Crippen LogP contribution in [0, 0.1) is 30.3 Å². The van der Waals surface area contributed by atoms with E-state index in [4.69, 9.17) is 0 Å². The number of hydrogen-bond acceptors (Lipinski definition) is 17. The van der Waals surface area contributed by atoms with Crippen molar-refractivity contribution in [3.05, 3.63) is 271 Å². The Bertz CT molecular complexity index is 5330. The van der Waals surface area contributed by atoms with Crippen molar-refractivity contribution in [3.8, 4) is 0 Å². The van der Waals surface area contributed by atoms with Crippen LogP contribution >= 0.6 is 11.3 Å². The molecule has 0 spiro atoms. The summed E-state index contributed by atoms with van der Waals surface area (Å²) in [6, 6.07) is 52.2. The van der Waals surface area contributed by atoms with E-state index in [0.29, 0.717) is 144 Å². The molecule has 1 N–H and O–H groups in total. The Labute approximate surface area is 567 Å². The number of nitrogens with one attached hydrogen (secondary N) is 1. The SMILES string of the molecule is Cn1c(=O)c([N+](=O)[O-])c(N2CCN(C(=O)c3cc4ccccc4[nH]3)CC2)c2ccccc21.Cn1c(=O)c([N+](=O)[O-])c(N2CCN(C(=O)c3cccnc3)CC2)c2ccccc21.O=C(c1cccs1)N1CCN(c2c([N+](=O)[O-])c(=O)n(Cc3ccc4ccccc4c3)c3ccccc23)CC1. The van der Waals surface area contributed by atoms with Crippen molar-refractivity contribution in [1.82, 2.24) is 38.4 Å². The van der Waals surface area contributed by atoms with Crippen LogP contribution in [0.15, 0.2) is 202 Å². The van der Waals surface area contributed by atoms with Crippen molar-refractivity contribution >= 4 is 118 Å². The number of carbonyl (C=O) groups is 3. The van der Waals surface area contributed by atoms with E-state index in [0.717, 1.165) is 27.2 Å². The molecule has 3 fully saturated rings. The zero-order valence-corrected chi connectivity index (χ0v) is 54.5. The summed E-state index contributed by atoms with van der Waals surface area (Å²) in [6.07, 6.45) is 3.13. The van der Waals surface area contributed by atoms with Gasteiger partial charge in [-0.25, -0.2) is 0 Å². The maximum atomic E-state index is 13.7. The quantitative estimate of drug-likeness (QED) is 0.0930. The molecule has 3 aliphatic rings. The number of rotatable bonds is 11. The molecule has 0 radical (unpaired) electrons. The van der Waals surface area contributed by atoms with Gasteiger partial charge in [-0.3, -0.25) is 68.7 Å². The van der Waals surface area contributed by atoms with Gasteiger partial charge in [-0.2, -0.15) is 0 Å². The Morgan fingerprint density at radius 3 is 1.41 bits per heavy atom. The number of para-hydroxylation sites is 4. The highest BCUT2D eigenvalue weighted by Crippen LogP contribution is 2.38. The molecule has 3 aliphatic heterocycles. The molecule has 0 bridgehead atoms. The molecule has 3 amide bonds. The number of nitrogens with zero attached hydrogens (tertiary/aromatic N) is 13. The molecule has 12 aromatic rings. The minimum Gasteiger partial charge on any atom is -0.362 e. The predicted molar refractivity (Wildman–Crippen MR) is 381 cm³/mol. The topological polar surface area (TPSA) is 295 Å². The molecular weight excluding hydrogens is 1280 g/mol. The minimum atomic E-state index is -0.641. The largest absolute Gasteiger partial charge is 0.362 e. The lowest BCUT2D eigenvalue weighted by Crippen LogP contribution is -2.49. The van der Waals surface area contributed by atoms with Crippen LogP contribution in [-0.2, 0) is 20.6 Å². The zero-order valence-electron chi connectivity index (χ0n) is 53.7. The lowest BCUT2D eigenvalue weighted by Gasteiger charge is -2.36. The first-order valence-electron chi connectivity index (χ1n) is 31.9. The molecule has 9 heterocycles. The third-order valence-electron chi connectivity index (χ3n) is 18.4. The number of benzene rings is 6. The molecule has 6 aromatic carbocycles. The number of carbonyl (C=O) groups excluding carboxylic acids is 3. The number of aromatic amines is 1. The maximum Gasteiger partial charge on any atom is 0.357 e. The van der Waals surface area contributed by atoms with Crippen LogP contribution in [0.1, 0.15) is 36.1 Å². The molecule has 500 valence electrons. The Morgan fingerprint density at radius 1 is 0.465 bits per heavy atom. The summed E-state index contributed by atoms with van der Waals surface area (Å²) in [7, 11) is 3.07. The predicted octanol–water partition coefficient (Wildman–Crippen LogP) is 9.83. The van der Waals surface area contributed by atoms with Crippen molar-refractivity contribution in [2.75, 3.05) is 93.2 Å². The first-order valence-corrected chi connectivity index (χ1v) is 32.8. The minimum absolute atomic E-state index is 0.0372. The fourth-order valence-corrected chi connectivity index (χ4v) is 14.1. The smallest absolute Gasteiger partial charge is 0.357 e. The second-order valence-electron chi connectivity index (χ2n) is 24.0. The average molecular weight is 1350 g/mol. The van der Waals surface area contributed by atoms with E-state index in [-0.39, 0.29) is 24.3 Å². The Balaban J connectivity index is 0.000000135. The normalized spacial score (nSPS) is 14.1. The summed E-state index contributed by atoms with van der Waals surface area (Å²) in [5.41, 5.74) is 2.49. The molecule has 0 aliphatic carbocycles. The number of amides is 3. The third kappa shape index (κ3) is 12.8. The van der Waals surface area contributed by atoms with Crippen LogP contribution in [0.4, 0.5) is 34.1 Å². The summed E-state index contributed by atoms with van der Waals surface area (Å²) in [4.78, 5) is 130. The van der Waals surface area contributed by atoms with E-state index < -0.39 is 48.5 Å². The number of H-pyrrole nitrogens is 1. The Kier molecular flexibility index (Phi) is 18.3. The number of aryl methyl sites for hydroxylation is 2. The van der Waals surface area contributed by atoms with E-state index >= 15 is 0 Å². The van der Waals surface area contributed by atoms with Crippen LogP contribution in [0.5, 0.6) is 0 Å². The number of hydrogen-bond donors (Lipinski definition) is 1. The lowest BCUT2D eigenvalue weighted by molar-refractivity contribution is -0.385. The Hall–Kier alpha value is -12.4. The van der Waals surface area contributed by atoms with Crippen LogP contribution in [0.25, 0.3) is 54.4 Å². The first kappa shape index (κ1) is 65.3. The molecule has 27 heteroatoms. The molecular formula is C72H64N14O12S. The van der Waals surface area contributed by atoms with Gasteiger partial charge in [0.05, 0.1) is 48.3 Å². The lowest BCUT2D eigenvalue weighted by atomic mass is 10.1. The van der Waals surface area contributed by atoms with Crippen molar-refractivity contribution in [2.45, 2.75) is 6.54 Å². The number of fused-ring (bicyclic) bond motifs is 5. The van der Waals surface area contributed by atoms with Gasteiger partial charge in [0.15, 0.2) is 0 Å². The van der Waals surface area contributed by atoms with Crippen LogP contribution < -0.4 is 31.4 Å². The number of aromatic nitrogens is 5. The van der Waals surface area contributed by atoms with E-state index in [2.05, 4.69) is 9.97 Å². The highest BCUT2D eigenvalue weighted by atomic mass is 32.1. The van der Waals surface area contributed by atoms with Crippen LogP contribution in [-0.4, -0.2) is 149 Å². The van der Waals surface area contributed by atoms with E-state index in [1.807, 2.05) is 123 Å². The van der Waals surface area contributed by atoms with Crippen molar-refractivity contribution in [3.63, 3.8) is 0 Å². The molecule has 0 atom stereocenters. The van der Waals surface area contributed by atoms with Gasteiger partial charge in [0.2, 0.25) is 0 Å². The maximum absolute atomic E-state index is 13.7. The molecule has 6 aromatic heterocycles. The second kappa shape index (κ2) is 27.8. The summed E-state index contributed by atoms with van der Waals surface area (Å²) in [6.45, 7) is 5.01. The summed E-state index contributed by atoms with van der Waals surface area (Å²) in [5, 5.41) is 42.8. The number of anilines is 3. The van der Waals surface area contributed by atoms with Gasteiger partial charge in [-0.1, -0.05) is 115 Å². The highest BCUT2D eigenvalue weighted by molar-refractivity contribution is 7.12. The van der Waals surface area contributed by atoms with Gasteiger partial charge in [-0.05, 0) is 76.3 Å². The fourth-order valence-electron chi connectivity index (χ4n) is 13.4. The van der Waals surface area contributed by atoms with Gasteiger partial charge < -0.3 is 43.5 Å². The van der Waals surface area contributed by atoms with Crippen LogP contribution in [0.3, 0.4) is 0 Å². The highest BCUT2D eigenvalue weighted by Gasteiger charge is 2.36. The van der Waals surface area contributed by atoms with Gasteiger partial charge in [0.1, 0.15) is 22.8 Å². The number of piperazine rings is 3. The van der Waals surface area contributed by atoms with Gasteiger partial charge >= 0.3 is 33.7 Å². The fraction of sp³-hybridized carbons (Fsp3) is 0.208. The number of thiophene rings is 1. The molecule has 26 nitrogen and oxygen atoms in total. The third-order valence-corrected chi connectivity index (χ3v) is 19.2. The molecule has 0 saturated carbocycles.